The number of nitrogens with zero attached hydrogens (tertiary/aromatic N) is 2. The van der Waals surface area contributed by atoms with Gasteiger partial charge in [-0.3, -0.25) is 14.2 Å². The molecule has 1 saturated carbocycles. The van der Waals surface area contributed by atoms with Gasteiger partial charge < -0.3 is 0 Å². The highest BCUT2D eigenvalue weighted by atomic mass is 32.2. The zero-order valence-corrected chi connectivity index (χ0v) is 15.5. The number of carbonyl (C=O) groups excluding carboxylic acids is 1. The lowest BCUT2D eigenvalue weighted by molar-refractivity contribution is 0.0982. The number of benzene rings is 2. The molecule has 1 aliphatic carbocycles. The van der Waals surface area contributed by atoms with E-state index in [0.717, 1.165) is 18.0 Å². The van der Waals surface area contributed by atoms with Crippen LogP contribution in [0.25, 0.3) is 10.9 Å². The minimum absolute atomic E-state index is 0.00153. The lowest BCUT2D eigenvalue weighted by Gasteiger charge is -2.12. The van der Waals surface area contributed by atoms with Gasteiger partial charge in [0.1, 0.15) is 5.82 Å². The van der Waals surface area contributed by atoms with Crippen molar-refractivity contribution in [3.8, 4) is 0 Å². The van der Waals surface area contributed by atoms with Crippen LogP contribution in [-0.4, -0.2) is 21.1 Å². The molecule has 0 spiro atoms. The molecule has 1 fully saturated rings. The zero-order valence-electron chi connectivity index (χ0n) is 14.7. The van der Waals surface area contributed by atoms with Crippen LogP contribution in [-0.2, 0) is 0 Å². The molecular formula is C21H19FN2O2S. The minimum Gasteiger partial charge on any atom is -0.294 e. The van der Waals surface area contributed by atoms with Crippen molar-refractivity contribution in [1.82, 2.24) is 9.55 Å². The Labute approximate surface area is 160 Å². The van der Waals surface area contributed by atoms with Gasteiger partial charge in [-0.15, -0.1) is 0 Å². The van der Waals surface area contributed by atoms with Crippen molar-refractivity contribution in [1.29, 1.82) is 0 Å². The van der Waals surface area contributed by atoms with E-state index in [4.69, 9.17) is 0 Å². The Morgan fingerprint density at radius 3 is 2.63 bits per heavy atom. The monoisotopic (exact) mass is 382 g/mol. The van der Waals surface area contributed by atoms with Gasteiger partial charge >= 0.3 is 0 Å². The first kappa shape index (κ1) is 17.9. The quantitative estimate of drug-likeness (QED) is 0.259. The second-order valence-corrected chi connectivity index (χ2v) is 7.76. The summed E-state index contributed by atoms with van der Waals surface area (Å²) in [4.78, 5) is 29.7. The van der Waals surface area contributed by atoms with E-state index in [1.54, 1.807) is 0 Å². The molecule has 6 heteroatoms. The van der Waals surface area contributed by atoms with Crippen molar-refractivity contribution >= 4 is 28.4 Å². The Hall–Kier alpha value is -2.47. The lowest BCUT2D eigenvalue weighted by Crippen LogP contribution is -2.22. The minimum atomic E-state index is -0.345. The van der Waals surface area contributed by atoms with Crippen molar-refractivity contribution in [3.05, 3.63) is 70.3 Å². The van der Waals surface area contributed by atoms with Gasteiger partial charge in [-0.2, -0.15) is 0 Å². The lowest BCUT2D eigenvalue weighted by atomic mass is 10.1. The first-order valence-electron chi connectivity index (χ1n) is 9.06. The summed E-state index contributed by atoms with van der Waals surface area (Å²) >= 11 is 1.52. The maximum Gasteiger partial charge on any atom is 0.262 e. The molecule has 0 aliphatic heterocycles. The van der Waals surface area contributed by atoms with Gasteiger partial charge in [0.25, 0.3) is 5.56 Å². The summed E-state index contributed by atoms with van der Waals surface area (Å²) < 4.78 is 14.8. The third kappa shape index (κ3) is 3.95. The highest BCUT2D eigenvalue weighted by molar-refractivity contribution is 7.99. The molecule has 4 nitrogen and oxygen atoms in total. The number of carbonyl (C=O) groups is 1. The maximum atomic E-state index is 12.9. The van der Waals surface area contributed by atoms with E-state index < -0.39 is 0 Å². The summed E-state index contributed by atoms with van der Waals surface area (Å²) in [6.07, 6.45) is 3.08. The Morgan fingerprint density at radius 1 is 1.15 bits per heavy atom. The smallest absolute Gasteiger partial charge is 0.262 e. The molecule has 2 aromatic carbocycles. The van der Waals surface area contributed by atoms with Crippen LogP contribution in [0.4, 0.5) is 4.39 Å². The topological polar surface area (TPSA) is 52.0 Å². The van der Waals surface area contributed by atoms with Crippen LogP contribution in [0.1, 0.15) is 42.1 Å². The number of hydrogen-bond acceptors (Lipinski definition) is 4. The number of ketones is 1. The van der Waals surface area contributed by atoms with Gasteiger partial charge in [-0.25, -0.2) is 9.37 Å². The van der Waals surface area contributed by atoms with E-state index in [9.17, 15) is 14.0 Å². The van der Waals surface area contributed by atoms with Gasteiger partial charge in [-0.1, -0.05) is 23.9 Å². The van der Waals surface area contributed by atoms with E-state index in [0.29, 0.717) is 35.1 Å². The van der Waals surface area contributed by atoms with E-state index in [1.165, 1.54) is 36.0 Å². The first-order valence-corrected chi connectivity index (χ1v) is 10.0. The molecule has 0 N–H and O–H groups in total. The van der Waals surface area contributed by atoms with E-state index in [-0.39, 0.29) is 23.2 Å². The fraction of sp³-hybridized carbons (Fsp3) is 0.286. The van der Waals surface area contributed by atoms with E-state index in [1.807, 2.05) is 28.8 Å². The van der Waals surface area contributed by atoms with Gasteiger partial charge in [0, 0.05) is 23.8 Å². The van der Waals surface area contributed by atoms with Crippen LogP contribution in [0.15, 0.2) is 58.5 Å². The molecule has 27 heavy (non-hydrogen) atoms. The molecule has 0 saturated heterocycles. The SMILES string of the molecule is O=C(CCCSc1nc2ccccc2c(=O)n1C1CC1)c1ccc(F)cc1. The van der Waals surface area contributed by atoms with Gasteiger partial charge in [0.05, 0.1) is 10.9 Å². The van der Waals surface area contributed by atoms with Gasteiger partial charge in [0.15, 0.2) is 10.9 Å². The molecule has 4 rings (SSSR count). The molecule has 1 aliphatic rings. The second kappa shape index (κ2) is 7.64. The Kier molecular flexibility index (Phi) is 5.07. The molecule has 3 aromatic rings. The second-order valence-electron chi connectivity index (χ2n) is 6.70. The number of Topliss-reactive ketones (excluding diaryl/α,β-unsaturated/α-hetero) is 1. The normalized spacial score (nSPS) is 13.8. The third-order valence-electron chi connectivity index (χ3n) is 4.63. The average Bonchev–Trinajstić information content (AvgIpc) is 3.51. The molecule has 0 unspecified atom stereocenters. The highest BCUT2D eigenvalue weighted by Gasteiger charge is 2.28. The summed E-state index contributed by atoms with van der Waals surface area (Å²) in [6.45, 7) is 0. The largest absolute Gasteiger partial charge is 0.294 e. The molecular weight excluding hydrogens is 363 g/mol. The number of para-hydroxylation sites is 1. The predicted molar refractivity (Wildman–Crippen MR) is 105 cm³/mol. The van der Waals surface area contributed by atoms with E-state index in [2.05, 4.69) is 4.98 Å². The zero-order chi connectivity index (χ0) is 18.8. The van der Waals surface area contributed by atoms with Gasteiger partial charge in [-0.05, 0) is 55.7 Å². The van der Waals surface area contributed by atoms with Crippen molar-refractivity contribution in [2.45, 2.75) is 36.9 Å². The maximum absolute atomic E-state index is 12.9. The number of fused-ring (bicyclic) bond motifs is 1. The fourth-order valence-corrected chi connectivity index (χ4v) is 4.06. The van der Waals surface area contributed by atoms with Crippen LogP contribution < -0.4 is 5.56 Å². The number of rotatable bonds is 7. The van der Waals surface area contributed by atoms with Crippen LogP contribution in [0.5, 0.6) is 0 Å². The Balaban J connectivity index is 1.44. The number of halogens is 1. The van der Waals surface area contributed by atoms with Crippen LogP contribution in [0, 0.1) is 5.82 Å². The number of hydrogen-bond donors (Lipinski definition) is 0. The molecule has 1 heterocycles. The van der Waals surface area contributed by atoms with Crippen LogP contribution in [0.3, 0.4) is 0 Å². The fourth-order valence-electron chi connectivity index (χ4n) is 3.06. The number of thioether (sulfide) groups is 1. The average molecular weight is 382 g/mol. The molecule has 0 amide bonds. The third-order valence-corrected chi connectivity index (χ3v) is 5.67. The Bertz CT molecular complexity index is 1040. The van der Waals surface area contributed by atoms with Crippen molar-refractivity contribution in [2.75, 3.05) is 5.75 Å². The van der Waals surface area contributed by atoms with Crippen LogP contribution >= 0.6 is 11.8 Å². The summed E-state index contributed by atoms with van der Waals surface area (Å²) in [5.74, 6) is 0.355. The summed E-state index contributed by atoms with van der Waals surface area (Å²) in [5, 5.41) is 1.38. The Morgan fingerprint density at radius 2 is 1.89 bits per heavy atom. The molecule has 1 aromatic heterocycles. The molecule has 0 atom stereocenters. The van der Waals surface area contributed by atoms with E-state index >= 15 is 0 Å². The van der Waals surface area contributed by atoms with Crippen molar-refractivity contribution in [2.24, 2.45) is 0 Å². The standard InChI is InChI=1S/C21H19FN2O2S/c22-15-9-7-14(8-10-15)19(25)6-3-13-27-21-23-18-5-2-1-4-17(18)20(26)24(21)16-11-12-16/h1-2,4-5,7-10,16H,3,6,11-13H2. The summed E-state index contributed by atoms with van der Waals surface area (Å²) in [5.41, 5.74) is 1.26. The number of aromatic nitrogens is 2. The summed E-state index contributed by atoms with van der Waals surface area (Å²) in [6, 6.07) is 13.3. The molecule has 138 valence electrons. The predicted octanol–water partition coefficient (Wildman–Crippen LogP) is 4.63. The van der Waals surface area contributed by atoms with Crippen molar-refractivity contribution < 1.29 is 9.18 Å². The van der Waals surface area contributed by atoms with Crippen molar-refractivity contribution in [3.63, 3.8) is 0 Å². The van der Waals surface area contributed by atoms with Crippen LogP contribution in [0.2, 0.25) is 0 Å². The summed E-state index contributed by atoms with van der Waals surface area (Å²) in [7, 11) is 0. The first-order chi connectivity index (χ1) is 13.1. The van der Waals surface area contributed by atoms with Gasteiger partial charge in [0.2, 0.25) is 0 Å². The highest BCUT2D eigenvalue weighted by Crippen LogP contribution is 2.37. The molecule has 0 radical (unpaired) electrons. The molecule has 0 bridgehead atoms.